The Labute approximate surface area is 63.3 Å². The van der Waals surface area contributed by atoms with E-state index >= 15 is 0 Å². The van der Waals surface area contributed by atoms with Gasteiger partial charge in [0.15, 0.2) is 0 Å². The minimum Gasteiger partial charge on any atom is -0.412 e. The standard InChI is InChI=1S/CH4O3S.6H2O/c1-5(2,3)4;;;;;;/h1H3,(H,2,3,4);6*1H2. The molecule has 0 radical (unpaired) electrons. The van der Waals surface area contributed by atoms with Gasteiger partial charge in [0, 0.05) is 0 Å². The number of hydrogen-bond donors (Lipinski definition) is 1. The minimum absolute atomic E-state index is 0. The van der Waals surface area contributed by atoms with Crippen LogP contribution in [0.5, 0.6) is 0 Å². The molecule has 0 aromatic rings. The van der Waals surface area contributed by atoms with Crippen LogP contribution in [0.15, 0.2) is 0 Å². The fraction of sp³-hybridized carbons (Fsp3) is 1.00. The average Bonchev–Trinajstić information content (AvgIpc) is 0.722. The Hall–Kier alpha value is -0.330. The van der Waals surface area contributed by atoms with Crippen LogP contribution in [0, 0.1) is 0 Å². The summed E-state index contributed by atoms with van der Waals surface area (Å²) >= 11 is 0. The molecule has 0 bridgehead atoms. The van der Waals surface area contributed by atoms with Crippen molar-refractivity contribution in [3.63, 3.8) is 0 Å². The van der Waals surface area contributed by atoms with E-state index in [1.807, 2.05) is 0 Å². The molecule has 0 rings (SSSR count). The lowest BCUT2D eigenvalue weighted by molar-refractivity contribution is 0.490. The lowest BCUT2D eigenvalue weighted by atomic mass is 12.0. The molecule has 0 amide bonds. The lowest BCUT2D eigenvalue weighted by Crippen LogP contribution is -1.88. The molecule has 0 aliphatic heterocycles. The Balaban J connectivity index is -0.00000000533. The van der Waals surface area contributed by atoms with E-state index in [0.29, 0.717) is 6.26 Å². The normalized spacial score (nSPS) is 5.27. The van der Waals surface area contributed by atoms with Gasteiger partial charge in [-0.2, -0.15) is 8.42 Å². The highest BCUT2D eigenvalue weighted by atomic mass is 32.2. The van der Waals surface area contributed by atoms with Gasteiger partial charge in [-0.05, 0) is 0 Å². The molecule has 9 nitrogen and oxygen atoms in total. The van der Waals surface area contributed by atoms with Gasteiger partial charge in [0.25, 0.3) is 10.1 Å². The number of hydrogen-bond acceptors (Lipinski definition) is 2. The average molecular weight is 204 g/mol. The highest BCUT2D eigenvalue weighted by molar-refractivity contribution is 7.85. The Kier molecular flexibility index (Phi) is 152. The first-order chi connectivity index (χ1) is 2.00. The van der Waals surface area contributed by atoms with Gasteiger partial charge in [0.2, 0.25) is 0 Å². The first-order valence-electron chi connectivity index (χ1n) is 0.924. The summed E-state index contributed by atoms with van der Waals surface area (Å²) in [5.41, 5.74) is 0. The summed E-state index contributed by atoms with van der Waals surface area (Å²) in [6.07, 6.45) is 0.715. The van der Waals surface area contributed by atoms with Gasteiger partial charge in [-0.25, -0.2) is 0 Å². The molecule has 0 aliphatic rings. The minimum atomic E-state index is -3.67. The van der Waals surface area contributed by atoms with Crippen LogP contribution < -0.4 is 0 Å². The van der Waals surface area contributed by atoms with E-state index in [1.165, 1.54) is 0 Å². The fourth-order valence-electron chi connectivity index (χ4n) is 0. The van der Waals surface area contributed by atoms with Crippen LogP contribution in [-0.2, 0) is 10.1 Å². The van der Waals surface area contributed by atoms with Crippen LogP contribution in [0.25, 0.3) is 0 Å². The molecule has 13 N–H and O–H groups in total. The third kappa shape index (κ3) is 5220. The van der Waals surface area contributed by atoms with Crippen molar-refractivity contribution in [1.82, 2.24) is 0 Å². The lowest BCUT2D eigenvalue weighted by Gasteiger charge is -1.69. The van der Waals surface area contributed by atoms with Crippen molar-refractivity contribution in [2.24, 2.45) is 0 Å². The zero-order chi connectivity index (χ0) is 4.50. The summed E-state index contributed by atoms with van der Waals surface area (Å²) in [4.78, 5) is 0. The smallest absolute Gasteiger partial charge is 0.261 e. The second-order valence-electron chi connectivity index (χ2n) is 0.733. The van der Waals surface area contributed by atoms with E-state index < -0.39 is 10.1 Å². The molecular weight excluding hydrogens is 188 g/mol. The van der Waals surface area contributed by atoms with E-state index in [1.54, 1.807) is 0 Å². The first-order valence-corrected chi connectivity index (χ1v) is 2.77. The van der Waals surface area contributed by atoms with Gasteiger partial charge in [-0.3, -0.25) is 4.55 Å². The van der Waals surface area contributed by atoms with Crippen LogP contribution >= 0.6 is 0 Å². The summed E-state index contributed by atoms with van der Waals surface area (Å²) in [5.74, 6) is 0. The van der Waals surface area contributed by atoms with E-state index in [4.69, 9.17) is 4.55 Å². The maximum atomic E-state index is 9.19. The van der Waals surface area contributed by atoms with Gasteiger partial charge in [0.1, 0.15) is 0 Å². The highest BCUT2D eigenvalue weighted by Crippen LogP contribution is 1.60. The van der Waals surface area contributed by atoms with Crippen LogP contribution in [0.4, 0.5) is 0 Å². The summed E-state index contributed by atoms with van der Waals surface area (Å²) in [6.45, 7) is 0. The van der Waals surface area contributed by atoms with Crippen LogP contribution in [-0.4, -0.2) is 52.1 Å². The van der Waals surface area contributed by atoms with Crippen molar-refractivity contribution in [2.45, 2.75) is 0 Å². The molecule has 0 atom stereocenters. The first kappa shape index (κ1) is 74.1. The molecule has 0 saturated heterocycles. The van der Waals surface area contributed by atoms with Crippen LogP contribution in [0.1, 0.15) is 0 Å². The molecular formula is CH16O9S. The number of rotatable bonds is 0. The zero-order valence-corrected chi connectivity index (χ0v) is 6.49. The van der Waals surface area contributed by atoms with Crippen molar-refractivity contribution in [3.8, 4) is 0 Å². The molecule has 0 aromatic heterocycles. The Morgan fingerprint density at radius 3 is 0.818 bits per heavy atom. The Morgan fingerprint density at radius 2 is 0.818 bits per heavy atom. The molecule has 0 unspecified atom stereocenters. The maximum Gasteiger partial charge on any atom is 0.261 e. The summed E-state index contributed by atoms with van der Waals surface area (Å²) in [7, 11) is -3.67. The third-order valence-electron chi connectivity index (χ3n) is 0. The molecule has 10 heteroatoms. The molecule has 0 saturated carbocycles. The molecule has 0 spiro atoms. The van der Waals surface area contributed by atoms with Crippen molar-refractivity contribution in [3.05, 3.63) is 0 Å². The summed E-state index contributed by atoms with van der Waals surface area (Å²) < 4.78 is 25.9. The molecule has 0 fully saturated rings. The van der Waals surface area contributed by atoms with E-state index in [0.717, 1.165) is 0 Å². The molecule has 11 heavy (non-hydrogen) atoms. The quantitative estimate of drug-likeness (QED) is 0.379. The monoisotopic (exact) mass is 204 g/mol. The molecule has 0 heterocycles. The molecule has 80 valence electrons. The van der Waals surface area contributed by atoms with E-state index in [9.17, 15) is 8.42 Å². The predicted molar refractivity (Wildman–Crippen MR) is 39.2 cm³/mol. The van der Waals surface area contributed by atoms with Crippen molar-refractivity contribution >= 4 is 10.1 Å². The van der Waals surface area contributed by atoms with Gasteiger partial charge in [0.05, 0.1) is 6.26 Å². The summed E-state index contributed by atoms with van der Waals surface area (Å²) in [5, 5.41) is 0. The highest BCUT2D eigenvalue weighted by Gasteiger charge is 1.81. The van der Waals surface area contributed by atoms with E-state index in [-0.39, 0.29) is 32.9 Å². The van der Waals surface area contributed by atoms with Crippen molar-refractivity contribution in [2.75, 3.05) is 6.26 Å². The Bertz CT molecular complexity index is 92.7. The van der Waals surface area contributed by atoms with Gasteiger partial charge in [-0.15, -0.1) is 0 Å². The predicted octanol–water partition coefficient (Wildman–Crippen LogP) is -5.44. The Morgan fingerprint density at radius 1 is 0.818 bits per heavy atom. The third-order valence-corrected chi connectivity index (χ3v) is 0. The van der Waals surface area contributed by atoms with Gasteiger partial charge in [-0.1, -0.05) is 0 Å². The maximum absolute atomic E-state index is 9.19. The molecule has 0 aliphatic carbocycles. The zero-order valence-electron chi connectivity index (χ0n) is 5.67. The largest absolute Gasteiger partial charge is 0.412 e. The van der Waals surface area contributed by atoms with Crippen LogP contribution in [0.3, 0.4) is 0 Å². The second-order valence-corrected chi connectivity index (χ2v) is 2.20. The van der Waals surface area contributed by atoms with Crippen LogP contribution in [0.2, 0.25) is 0 Å². The second kappa shape index (κ2) is 22.6. The van der Waals surface area contributed by atoms with Gasteiger partial charge < -0.3 is 32.9 Å². The SMILES string of the molecule is CS(=O)(=O)O.O.O.O.O.O.O. The summed E-state index contributed by atoms with van der Waals surface area (Å²) in [6, 6.07) is 0. The fourth-order valence-corrected chi connectivity index (χ4v) is 0. The van der Waals surface area contributed by atoms with E-state index in [2.05, 4.69) is 0 Å². The van der Waals surface area contributed by atoms with Crippen molar-refractivity contribution in [1.29, 1.82) is 0 Å². The van der Waals surface area contributed by atoms with Crippen molar-refractivity contribution < 1.29 is 45.8 Å². The van der Waals surface area contributed by atoms with Gasteiger partial charge >= 0.3 is 0 Å². The molecule has 0 aromatic carbocycles. The topological polar surface area (TPSA) is 243 Å².